The van der Waals surface area contributed by atoms with Crippen LogP contribution in [0, 0.1) is 11.8 Å². The van der Waals surface area contributed by atoms with Crippen LogP contribution in [0.3, 0.4) is 0 Å². The summed E-state index contributed by atoms with van der Waals surface area (Å²) in [6.45, 7) is 12.5. The number of rotatable bonds is 8. The molecule has 19 heavy (non-hydrogen) atoms. The van der Waals surface area contributed by atoms with E-state index in [1.54, 1.807) is 0 Å². The molecule has 0 aromatic heterocycles. The highest BCUT2D eigenvalue weighted by molar-refractivity contribution is 5.25. The lowest BCUT2D eigenvalue weighted by molar-refractivity contribution is 0.430. The van der Waals surface area contributed by atoms with E-state index in [2.05, 4.69) is 64.2 Å². The lowest BCUT2D eigenvalue weighted by atomic mass is 9.94. The first-order valence-corrected chi connectivity index (χ1v) is 7.85. The van der Waals surface area contributed by atoms with Crippen LogP contribution in [0.4, 0.5) is 0 Å². The summed E-state index contributed by atoms with van der Waals surface area (Å²) in [6.07, 6.45) is 3.58. The molecule has 1 aromatic carbocycles. The molecule has 1 nitrogen and oxygen atoms in total. The van der Waals surface area contributed by atoms with Gasteiger partial charge in [0.15, 0.2) is 0 Å². The molecule has 0 aliphatic heterocycles. The van der Waals surface area contributed by atoms with Crippen molar-refractivity contribution in [3.63, 3.8) is 0 Å². The van der Waals surface area contributed by atoms with E-state index in [9.17, 15) is 0 Å². The summed E-state index contributed by atoms with van der Waals surface area (Å²) in [5.74, 6) is 1.46. The second-order valence-corrected chi connectivity index (χ2v) is 6.48. The van der Waals surface area contributed by atoms with Gasteiger partial charge in [0.2, 0.25) is 0 Å². The van der Waals surface area contributed by atoms with Crippen LogP contribution in [0.25, 0.3) is 0 Å². The molecular weight excluding hydrogens is 230 g/mol. The molecule has 1 rings (SSSR count). The number of hydrogen-bond donors (Lipinski definition) is 1. The van der Waals surface area contributed by atoms with E-state index in [0.29, 0.717) is 6.04 Å². The van der Waals surface area contributed by atoms with Crippen molar-refractivity contribution >= 4 is 0 Å². The minimum absolute atomic E-state index is 0.507. The first kappa shape index (κ1) is 16.2. The van der Waals surface area contributed by atoms with Gasteiger partial charge >= 0.3 is 0 Å². The summed E-state index contributed by atoms with van der Waals surface area (Å²) >= 11 is 0. The van der Waals surface area contributed by atoms with Gasteiger partial charge < -0.3 is 5.32 Å². The second kappa shape index (κ2) is 8.37. The van der Waals surface area contributed by atoms with E-state index in [1.165, 1.54) is 30.4 Å². The van der Waals surface area contributed by atoms with Crippen molar-refractivity contribution in [2.24, 2.45) is 11.8 Å². The summed E-state index contributed by atoms with van der Waals surface area (Å²) in [4.78, 5) is 0. The van der Waals surface area contributed by atoms with Crippen LogP contribution in [0.2, 0.25) is 0 Å². The summed E-state index contributed by atoms with van der Waals surface area (Å²) in [6, 6.07) is 9.74. The van der Waals surface area contributed by atoms with Gasteiger partial charge in [0.25, 0.3) is 0 Å². The molecule has 1 atom stereocenters. The molecule has 1 aromatic rings. The molecule has 1 N–H and O–H groups in total. The Morgan fingerprint density at radius 2 is 1.58 bits per heavy atom. The molecule has 0 bridgehead atoms. The Balaban J connectivity index is 2.72. The Morgan fingerprint density at radius 1 is 0.947 bits per heavy atom. The second-order valence-electron chi connectivity index (χ2n) is 6.48. The molecule has 108 valence electrons. The number of hydrogen-bond acceptors (Lipinski definition) is 1. The van der Waals surface area contributed by atoms with Crippen LogP contribution < -0.4 is 5.32 Å². The quantitative estimate of drug-likeness (QED) is 0.696. The highest BCUT2D eigenvalue weighted by Crippen LogP contribution is 2.22. The Bertz CT molecular complexity index is 337. The maximum atomic E-state index is 3.68. The van der Waals surface area contributed by atoms with E-state index in [4.69, 9.17) is 0 Å². The van der Waals surface area contributed by atoms with E-state index < -0.39 is 0 Å². The highest BCUT2D eigenvalue weighted by Gasteiger charge is 2.12. The topological polar surface area (TPSA) is 12.0 Å². The standard InChI is InChI=1S/C18H31N/c1-6-11-19-18(13-15(4)5)17-9-7-16(8-10-17)12-14(2)3/h7-10,14-15,18-19H,6,11-13H2,1-5H3. The van der Waals surface area contributed by atoms with Gasteiger partial charge in [0.05, 0.1) is 0 Å². The lowest BCUT2D eigenvalue weighted by Crippen LogP contribution is -2.23. The van der Waals surface area contributed by atoms with Crippen molar-refractivity contribution in [3.05, 3.63) is 35.4 Å². The third kappa shape index (κ3) is 6.24. The molecule has 0 saturated carbocycles. The number of benzene rings is 1. The molecule has 0 aliphatic rings. The van der Waals surface area contributed by atoms with Gasteiger partial charge in [-0.25, -0.2) is 0 Å². The fourth-order valence-corrected chi connectivity index (χ4v) is 2.48. The minimum atomic E-state index is 0.507. The average molecular weight is 261 g/mol. The third-order valence-corrected chi connectivity index (χ3v) is 3.37. The van der Waals surface area contributed by atoms with Crippen LogP contribution in [0.5, 0.6) is 0 Å². The van der Waals surface area contributed by atoms with E-state index in [1.807, 2.05) is 0 Å². The normalized spacial score (nSPS) is 13.2. The SMILES string of the molecule is CCCNC(CC(C)C)c1ccc(CC(C)C)cc1. The van der Waals surface area contributed by atoms with Gasteiger partial charge in [-0.2, -0.15) is 0 Å². The number of nitrogens with one attached hydrogen (secondary N) is 1. The van der Waals surface area contributed by atoms with Crippen LogP contribution in [-0.4, -0.2) is 6.54 Å². The summed E-state index contributed by atoms with van der Waals surface area (Å²) < 4.78 is 0. The summed E-state index contributed by atoms with van der Waals surface area (Å²) in [5, 5.41) is 3.68. The molecule has 0 heterocycles. The van der Waals surface area contributed by atoms with Crippen LogP contribution in [0.15, 0.2) is 24.3 Å². The zero-order valence-corrected chi connectivity index (χ0v) is 13.4. The molecule has 0 radical (unpaired) electrons. The average Bonchev–Trinajstić information content (AvgIpc) is 2.34. The first-order chi connectivity index (χ1) is 9.02. The predicted octanol–water partition coefficient (Wildman–Crippen LogP) is 4.97. The Kier molecular flexibility index (Phi) is 7.15. The molecule has 1 unspecified atom stereocenters. The van der Waals surface area contributed by atoms with Crippen molar-refractivity contribution in [1.82, 2.24) is 5.32 Å². The highest BCUT2D eigenvalue weighted by atomic mass is 14.9. The summed E-state index contributed by atoms with van der Waals surface area (Å²) in [7, 11) is 0. The lowest BCUT2D eigenvalue weighted by Gasteiger charge is -2.21. The van der Waals surface area contributed by atoms with Crippen molar-refractivity contribution in [2.75, 3.05) is 6.54 Å². The Labute approximate surface area is 119 Å². The van der Waals surface area contributed by atoms with Crippen LogP contribution in [-0.2, 0) is 6.42 Å². The molecular formula is C18H31N. The van der Waals surface area contributed by atoms with Gasteiger partial charge in [-0.1, -0.05) is 58.9 Å². The minimum Gasteiger partial charge on any atom is -0.310 e. The third-order valence-electron chi connectivity index (χ3n) is 3.37. The van der Waals surface area contributed by atoms with Crippen LogP contribution in [0.1, 0.15) is 64.6 Å². The zero-order chi connectivity index (χ0) is 14.3. The van der Waals surface area contributed by atoms with Gasteiger partial charge in [-0.15, -0.1) is 0 Å². The summed E-state index contributed by atoms with van der Waals surface area (Å²) in [5.41, 5.74) is 2.90. The Morgan fingerprint density at radius 3 is 2.05 bits per heavy atom. The van der Waals surface area contributed by atoms with Crippen LogP contribution >= 0.6 is 0 Å². The van der Waals surface area contributed by atoms with E-state index in [0.717, 1.165) is 18.4 Å². The molecule has 0 fully saturated rings. The molecule has 1 heteroatoms. The largest absolute Gasteiger partial charge is 0.310 e. The van der Waals surface area contributed by atoms with E-state index >= 15 is 0 Å². The van der Waals surface area contributed by atoms with E-state index in [-0.39, 0.29) is 0 Å². The molecule has 0 saturated heterocycles. The molecule has 0 spiro atoms. The maximum absolute atomic E-state index is 3.68. The molecule has 0 aliphatic carbocycles. The van der Waals surface area contributed by atoms with Crippen molar-refractivity contribution in [3.8, 4) is 0 Å². The fourth-order valence-electron chi connectivity index (χ4n) is 2.48. The molecule has 0 amide bonds. The smallest absolute Gasteiger partial charge is 0.0322 e. The van der Waals surface area contributed by atoms with Gasteiger partial charge in [-0.3, -0.25) is 0 Å². The zero-order valence-electron chi connectivity index (χ0n) is 13.4. The van der Waals surface area contributed by atoms with Gasteiger partial charge in [0.1, 0.15) is 0 Å². The van der Waals surface area contributed by atoms with Crippen molar-refractivity contribution < 1.29 is 0 Å². The van der Waals surface area contributed by atoms with Crippen molar-refractivity contribution in [1.29, 1.82) is 0 Å². The Hall–Kier alpha value is -0.820. The monoisotopic (exact) mass is 261 g/mol. The van der Waals surface area contributed by atoms with Gasteiger partial charge in [-0.05, 0) is 48.8 Å². The fraction of sp³-hybridized carbons (Fsp3) is 0.667. The van der Waals surface area contributed by atoms with Crippen molar-refractivity contribution in [2.45, 2.75) is 59.9 Å². The maximum Gasteiger partial charge on any atom is 0.0322 e. The van der Waals surface area contributed by atoms with Gasteiger partial charge in [0, 0.05) is 6.04 Å². The first-order valence-electron chi connectivity index (χ1n) is 7.85. The predicted molar refractivity (Wildman–Crippen MR) is 85.5 cm³/mol.